The Bertz CT molecular complexity index is 469. The minimum atomic E-state index is 0.431. The Balaban J connectivity index is 2.84. The quantitative estimate of drug-likeness (QED) is 0.699. The van der Waals surface area contributed by atoms with E-state index in [0.717, 1.165) is 16.9 Å². The van der Waals surface area contributed by atoms with Gasteiger partial charge in [-0.2, -0.15) is 5.10 Å². The molecule has 0 atom stereocenters. The summed E-state index contributed by atoms with van der Waals surface area (Å²) in [6.07, 6.45) is 0. The highest BCUT2D eigenvalue weighted by atomic mass is 15.3. The molecule has 1 aromatic carbocycles. The molecular weight excluding hydrogens is 174 g/mol. The highest BCUT2D eigenvalue weighted by Crippen LogP contribution is 2.27. The lowest BCUT2D eigenvalue weighted by Gasteiger charge is -2.00. The van der Waals surface area contributed by atoms with E-state index in [2.05, 4.69) is 25.0 Å². The molecule has 1 heterocycles. The van der Waals surface area contributed by atoms with Gasteiger partial charge in [0.15, 0.2) is 0 Å². The van der Waals surface area contributed by atoms with E-state index >= 15 is 0 Å². The maximum Gasteiger partial charge on any atom is 0.0911 e. The van der Waals surface area contributed by atoms with Crippen LogP contribution in [0.15, 0.2) is 18.2 Å². The number of fused-ring (bicyclic) bond motifs is 1. The number of rotatable bonds is 1. The van der Waals surface area contributed by atoms with Crippen molar-refractivity contribution in [2.24, 2.45) is 7.05 Å². The van der Waals surface area contributed by atoms with Crippen LogP contribution < -0.4 is 5.73 Å². The Morgan fingerprint density at radius 3 is 2.71 bits per heavy atom. The Morgan fingerprint density at radius 1 is 1.36 bits per heavy atom. The maximum atomic E-state index is 5.91. The summed E-state index contributed by atoms with van der Waals surface area (Å²) in [4.78, 5) is 0. The van der Waals surface area contributed by atoms with Crippen molar-refractivity contribution in [3.05, 3.63) is 23.9 Å². The Hall–Kier alpha value is -1.51. The third-order valence-electron chi connectivity index (χ3n) is 2.47. The molecule has 2 rings (SSSR count). The van der Waals surface area contributed by atoms with E-state index in [9.17, 15) is 0 Å². The van der Waals surface area contributed by atoms with Crippen LogP contribution in [0.2, 0.25) is 0 Å². The zero-order valence-corrected chi connectivity index (χ0v) is 8.78. The molecule has 0 aliphatic rings. The van der Waals surface area contributed by atoms with E-state index < -0.39 is 0 Å². The van der Waals surface area contributed by atoms with Gasteiger partial charge in [-0.15, -0.1) is 0 Å². The van der Waals surface area contributed by atoms with E-state index in [4.69, 9.17) is 5.73 Å². The number of anilines is 1. The molecule has 14 heavy (non-hydrogen) atoms. The van der Waals surface area contributed by atoms with Crippen molar-refractivity contribution < 1.29 is 0 Å². The standard InChI is InChI=1S/C11H15N3/c1-7(2)10-8-5-4-6-9(12)11(8)14(3)13-10/h4-7H,12H2,1-3H3. The van der Waals surface area contributed by atoms with Crippen LogP contribution in [0.4, 0.5) is 5.69 Å². The average Bonchev–Trinajstić information content (AvgIpc) is 2.45. The molecule has 2 N–H and O–H groups in total. The number of nitrogens with zero attached hydrogens (tertiary/aromatic N) is 2. The molecule has 3 heteroatoms. The molecule has 0 aliphatic heterocycles. The number of aryl methyl sites for hydroxylation is 1. The van der Waals surface area contributed by atoms with Gasteiger partial charge in [-0.1, -0.05) is 26.0 Å². The summed E-state index contributed by atoms with van der Waals surface area (Å²) in [5, 5.41) is 5.66. The summed E-state index contributed by atoms with van der Waals surface area (Å²) >= 11 is 0. The third kappa shape index (κ3) is 1.16. The maximum absolute atomic E-state index is 5.91. The van der Waals surface area contributed by atoms with Crippen LogP contribution in [0.3, 0.4) is 0 Å². The summed E-state index contributed by atoms with van der Waals surface area (Å²) in [6, 6.07) is 5.97. The van der Waals surface area contributed by atoms with Crippen LogP contribution in [0, 0.1) is 0 Å². The van der Waals surface area contributed by atoms with Crippen LogP contribution in [-0.4, -0.2) is 9.78 Å². The first-order chi connectivity index (χ1) is 6.61. The first kappa shape index (κ1) is 9.06. The molecule has 0 saturated carbocycles. The summed E-state index contributed by atoms with van der Waals surface area (Å²) in [7, 11) is 1.94. The fourth-order valence-corrected chi connectivity index (χ4v) is 1.82. The number of benzene rings is 1. The molecule has 0 unspecified atom stereocenters. The second-order valence-electron chi connectivity index (χ2n) is 3.91. The molecule has 0 saturated heterocycles. The van der Waals surface area contributed by atoms with E-state index in [1.165, 1.54) is 5.39 Å². The van der Waals surface area contributed by atoms with Crippen molar-refractivity contribution in [2.75, 3.05) is 5.73 Å². The zero-order valence-electron chi connectivity index (χ0n) is 8.78. The average molecular weight is 189 g/mol. The predicted octanol–water partition coefficient (Wildman–Crippen LogP) is 2.28. The van der Waals surface area contributed by atoms with Crippen molar-refractivity contribution in [1.82, 2.24) is 9.78 Å². The molecule has 0 fully saturated rings. The van der Waals surface area contributed by atoms with Crippen LogP contribution in [-0.2, 0) is 7.05 Å². The summed E-state index contributed by atoms with van der Waals surface area (Å²) in [5.41, 5.74) is 8.86. The first-order valence-electron chi connectivity index (χ1n) is 4.82. The van der Waals surface area contributed by atoms with Crippen LogP contribution in [0.5, 0.6) is 0 Å². The smallest absolute Gasteiger partial charge is 0.0911 e. The fourth-order valence-electron chi connectivity index (χ4n) is 1.82. The monoisotopic (exact) mass is 189 g/mol. The second kappa shape index (κ2) is 3.01. The topological polar surface area (TPSA) is 43.8 Å². The van der Waals surface area contributed by atoms with Crippen molar-refractivity contribution >= 4 is 16.6 Å². The van der Waals surface area contributed by atoms with Gasteiger partial charge in [0.2, 0.25) is 0 Å². The summed E-state index contributed by atoms with van der Waals surface area (Å²) < 4.78 is 1.86. The van der Waals surface area contributed by atoms with E-state index in [0.29, 0.717) is 5.92 Å². The largest absolute Gasteiger partial charge is 0.397 e. The van der Waals surface area contributed by atoms with Gasteiger partial charge in [0, 0.05) is 12.4 Å². The molecule has 0 radical (unpaired) electrons. The Morgan fingerprint density at radius 2 is 2.07 bits per heavy atom. The second-order valence-corrected chi connectivity index (χ2v) is 3.91. The zero-order chi connectivity index (χ0) is 10.3. The highest BCUT2D eigenvalue weighted by Gasteiger charge is 2.12. The number of nitrogens with two attached hydrogens (primary N) is 1. The Labute approximate surface area is 83.5 Å². The Kier molecular flexibility index (Phi) is 1.95. The lowest BCUT2D eigenvalue weighted by molar-refractivity contribution is 0.729. The van der Waals surface area contributed by atoms with Gasteiger partial charge in [-0.25, -0.2) is 0 Å². The van der Waals surface area contributed by atoms with E-state index in [1.54, 1.807) is 0 Å². The summed E-state index contributed by atoms with van der Waals surface area (Å²) in [6.45, 7) is 4.29. The first-order valence-corrected chi connectivity index (χ1v) is 4.82. The van der Waals surface area contributed by atoms with Gasteiger partial charge in [0.1, 0.15) is 0 Å². The van der Waals surface area contributed by atoms with Gasteiger partial charge in [0.25, 0.3) is 0 Å². The van der Waals surface area contributed by atoms with Gasteiger partial charge in [-0.3, -0.25) is 4.68 Å². The number of para-hydroxylation sites is 1. The number of hydrogen-bond acceptors (Lipinski definition) is 2. The molecule has 1 aromatic heterocycles. The predicted molar refractivity (Wildman–Crippen MR) is 59.2 cm³/mol. The molecule has 0 bridgehead atoms. The minimum Gasteiger partial charge on any atom is -0.397 e. The lowest BCUT2D eigenvalue weighted by Crippen LogP contribution is -1.95. The van der Waals surface area contributed by atoms with Gasteiger partial charge in [-0.05, 0) is 12.0 Å². The molecule has 0 spiro atoms. The number of nitrogen functional groups attached to an aromatic ring is 1. The van der Waals surface area contributed by atoms with Crippen LogP contribution >= 0.6 is 0 Å². The van der Waals surface area contributed by atoms with Crippen molar-refractivity contribution in [3.63, 3.8) is 0 Å². The molecule has 0 aliphatic carbocycles. The van der Waals surface area contributed by atoms with Gasteiger partial charge >= 0.3 is 0 Å². The molecule has 3 nitrogen and oxygen atoms in total. The van der Waals surface area contributed by atoms with Crippen LogP contribution in [0.25, 0.3) is 10.9 Å². The van der Waals surface area contributed by atoms with Crippen molar-refractivity contribution in [1.29, 1.82) is 0 Å². The number of aromatic nitrogens is 2. The fraction of sp³-hybridized carbons (Fsp3) is 0.364. The lowest BCUT2D eigenvalue weighted by atomic mass is 10.1. The molecule has 2 aromatic rings. The SMILES string of the molecule is CC(C)c1nn(C)c2c(N)cccc12. The summed E-state index contributed by atoms with van der Waals surface area (Å²) in [5.74, 6) is 0.431. The van der Waals surface area contributed by atoms with Crippen molar-refractivity contribution in [2.45, 2.75) is 19.8 Å². The van der Waals surface area contributed by atoms with E-state index in [1.807, 2.05) is 23.9 Å². The van der Waals surface area contributed by atoms with Crippen molar-refractivity contribution in [3.8, 4) is 0 Å². The molecule has 0 amide bonds. The third-order valence-corrected chi connectivity index (χ3v) is 2.47. The number of hydrogen-bond donors (Lipinski definition) is 1. The van der Waals surface area contributed by atoms with Gasteiger partial charge < -0.3 is 5.73 Å². The minimum absolute atomic E-state index is 0.431. The molecule has 74 valence electrons. The normalized spacial score (nSPS) is 11.4. The van der Waals surface area contributed by atoms with Crippen LogP contribution in [0.1, 0.15) is 25.5 Å². The van der Waals surface area contributed by atoms with Gasteiger partial charge in [0.05, 0.1) is 16.9 Å². The molecular formula is C11H15N3. The highest BCUT2D eigenvalue weighted by molar-refractivity contribution is 5.91. The van der Waals surface area contributed by atoms with E-state index in [-0.39, 0.29) is 0 Å².